The Hall–Kier alpha value is -3.64. The first-order chi connectivity index (χ1) is 15.5. The molecule has 0 amide bonds. The summed E-state index contributed by atoms with van der Waals surface area (Å²) in [5, 5.41) is 0.624. The van der Waals surface area contributed by atoms with E-state index in [1.165, 1.54) is 18.2 Å². The summed E-state index contributed by atoms with van der Waals surface area (Å²) in [6.07, 6.45) is 1.58. The maximum atomic E-state index is 13.5. The van der Waals surface area contributed by atoms with Crippen molar-refractivity contribution < 1.29 is 23.4 Å². The molecule has 0 fully saturated rings. The minimum atomic E-state index is -0.610. The fourth-order valence-corrected chi connectivity index (χ4v) is 3.28. The highest BCUT2D eigenvalue weighted by Gasteiger charge is 2.24. The molecule has 5 nitrogen and oxygen atoms in total. The first kappa shape index (κ1) is 21.6. The van der Waals surface area contributed by atoms with Gasteiger partial charge in [-0.05, 0) is 55.0 Å². The highest BCUT2D eigenvalue weighted by Crippen LogP contribution is 2.31. The summed E-state index contributed by atoms with van der Waals surface area (Å²) in [5.74, 6) is 0.0839. The lowest BCUT2D eigenvalue weighted by atomic mass is 10.1. The van der Waals surface area contributed by atoms with Gasteiger partial charge in [-0.15, -0.1) is 0 Å². The van der Waals surface area contributed by atoms with E-state index in [-0.39, 0.29) is 18.2 Å². The molecule has 3 aromatic rings. The molecule has 1 aliphatic heterocycles. The number of aliphatic imine (C=N–C) groups is 1. The van der Waals surface area contributed by atoms with Crippen LogP contribution in [0.4, 0.5) is 4.39 Å². The molecule has 0 aliphatic carbocycles. The molecule has 162 valence electrons. The molecule has 0 aromatic heterocycles. The number of benzene rings is 3. The molecule has 0 saturated carbocycles. The molecule has 0 atom stereocenters. The number of ether oxygens (including phenoxy) is 3. The Morgan fingerprint density at radius 3 is 2.66 bits per heavy atom. The van der Waals surface area contributed by atoms with Crippen LogP contribution < -0.4 is 9.47 Å². The van der Waals surface area contributed by atoms with Crippen LogP contribution in [0, 0.1) is 5.82 Å². The van der Waals surface area contributed by atoms with E-state index >= 15 is 0 Å². The van der Waals surface area contributed by atoms with Crippen molar-refractivity contribution in [3.05, 3.63) is 100.0 Å². The van der Waals surface area contributed by atoms with E-state index in [1.54, 1.807) is 36.4 Å². The van der Waals surface area contributed by atoms with Gasteiger partial charge >= 0.3 is 5.97 Å². The number of carbonyl (C=O) groups is 1. The molecule has 0 bridgehead atoms. The van der Waals surface area contributed by atoms with Crippen LogP contribution in [-0.4, -0.2) is 18.5 Å². The Morgan fingerprint density at radius 1 is 1.03 bits per heavy atom. The topological polar surface area (TPSA) is 57.1 Å². The summed E-state index contributed by atoms with van der Waals surface area (Å²) < 4.78 is 30.3. The van der Waals surface area contributed by atoms with Gasteiger partial charge in [0.05, 0.1) is 6.61 Å². The molecule has 3 aromatic carbocycles. The molecule has 0 N–H and O–H groups in total. The number of halogens is 2. The second-order valence-corrected chi connectivity index (χ2v) is 7.27. The second kappa shape index (κ2) is 9.66. The van der Waals surface area contributed by atoms with E-state index in [0.29, 0.717) is 34.3 Å². The van der Waals surface area contributed by atoms with Gasteiger partial charge in [-0.2, -0.15) is 0 Å². The summed E-state index contributed by atoms with van der Waals surface area (Å²) >= 11 is 6.19. The first-order valence-corrected chi connectivity index (χ1v) is 10.3. The highest BCUT2D eigenvalue weighted by atomic mass is 35.5. The standard InChI is InChI=1S/C25H19ClFNO4/c1-2-30-23-13-16(10-11-22(23)31-15-18-6-3-4-9-20(18)26)12-21-25(29)32-24(28-21)17-7-5-8-19(27)14-17/h3-14H,2,15H2,1H3/b21-12+. The number of carbonyl (C=O) groups excluding carboxylic acids is 1. The van der Waals surface area contributed by atoms with E-state index in [1.807, 2.05) is 25.1 Å². The molecule has 0 radical (unpaired) electrons. The van der Waals surface area contributed by atoms with Crippen LogP contribution in [0.15, 0.2) is 77.4 Å². The zero-order valence-corrected chi connectivity index (χ0v) is 17.9. The summed E-state index contributed by atoms with van der Waals surface area (Å²) in [6.45, 7) is 2.59. The van der Waals surface area contributed by atoms with Crippen molar-refractivity contribution in [2.24, 2.45) is 4.99 Å². The monoisotopic (exact) mass is 451 g/mol. The normalized spacial score (nSPS) is 14.3. The number of nitrogens with zero attached hydrogens (tertiary/aromatic N) is 1. The number of cyclic esters (lactones) is 1. The lowest BCUT2D eigenvalue weighted by molar-refractivity contribution is -0.129. The summed E-state index contributed by atoms with van der Waals surface area (Å²) in [5.41, 5.74) is 2.03. The summed E-state index contributed by atoms with van der Waals surface area (Å²) in [4.78, 5) is 16.5. The van der Waals surface area contributed by atoms with Crippen LogP contribution in [0.1, 0.15) is 23.6 Å². The van der Waals surface area contributed by atoms with E-state index in [0.717, 1.165) is 5.56 Å². The molecular formula is C25H19ClFNO4. The van der Waals surface area contributed by atoms with Gasteiger partial charge in [0.2, 0.25) is 5.90 Å². The van der Waals surface area contributed by atoms with Crippen LogP contribution in [0.25, 0.3) is 6.08 Å². The van der Waals surface area contributed by atoms with Gasteiger partial charge in [0, 0.05) is 16.1 Å². The van der Waals surface area contributed by atoms with E-state index in [9.17, 15) is 9.18 Å². The van der Waals surface area contributed by atoms with Gasteiger partial charge in [0.1, 0.15) is 12.4 Å². The molecule has 0 saturated heterocycles. The van der Waals surface area contributed by atoms with Crippen molar-refractivity contribution in [3.63, 3.8) is 0 Å². The predicted molar refractivity (Wildman–Crippen MR) is 120 cm³/mol. The van der Waals surface area contributed by atoms with Crippen LogP contribution in [0.3, 0.4) is 0 Å². The van der Waals surface area contributed by atoms with Gasteiger partial charge in [0.15, 0.2) is 17.2 Å². The average Bonchev–Trinajstić information content (AvgIpc) is 3.15. The van der Waals surface area contributed by atoms with Crippen LogP contribution in [0.5, 0.6) is 11.5 Å². The lowest BCUT2D eigenvalue weighted by Crippen LogP contribution is -2.05. The fraction of sp³-hybridized carbons (Fsp3) is 0.120. The van der Waals surface area contributed by atoms with E-state index < -0.39 is 11.8 Å². The van der Waals surface area contributed by atoms with Crippen LogP contribution >= 0.6 is 11.6 Å². The van der Waals surface area contributed by atoms with Crippen molar-refractivity contribution in [1.29, 1.82) is 0 Å². The number of hydrogen-bond acceptors (Lipinski definition) is 5. The van der Waals surface area contributed by atoms with Crippen molar-refractivity contribution >= 4 is 29.5 Å². The predicted octanol–water partition coefficient (Wildman–Crippen LogP) is 5.80. The Kier molecular flexibility index (Phi) is 6.52. The molecule has 1 heterocycles. The van der Waals surface area contributed by atoms with E-state index in [4.69, 9.17) is 25.8 Å². The molecule has 0 spiro atoms. The van der Waals surface area contributed by atoms with Gasteiger partial charge < -0.3 is 14.2 Å². The van der Waals surface area contributed by atoms with E-state index in [2.05, 4.69) is 4.99 Å². The Labute approximate surface area is 189 Å². The van der Waals surface area contributed by atoms with Crippen molar-refractivity contribution in [2.45, 2.75) is 13.5 Å². The Morgan fingerprint density at radius 2 is 1.88 bits per heavy atom. The summed E-state index contributed by atoms with van der Waals surface area (Å²) in [6, 6.07) is 18.4. The quantitative estimate of drug-likeness (QED) is 0.336. The van der Waals surface area contributed by atoms with Crippen molar-refractivity contribution in [3.8, 4) is 11.5 Å². The maximum Gasteiger partial charge on any atom is 0.363 e. The first-order valence-electron chi connectivity index (χ1n) is 9.95. The third-order valence-electron chi connectivity index (χ3n) is 4.60. The molecule has 7 heteroatoms. The fourth-order valence-electron chi connectivity index (χ4n) is 3.08. The maximum absolute atomic E-state index is 13.5. The van der Waals surface area contributed by atoms with Gasteiger partial charge in [-0.3, -0.25) is 0 Å². The molecule has 0 unspecified atom stereocenters. The van der Waals surface area contributed by atoms with Crippen molar-refractivity contribution in [1.82, 2.24) is 0 Å². The largest absolute Gasteiger partial charge is 0.490 e. The van der Waals surface area contributed by atoms with Crippen LogP contribution in [0.2, 0.25) is 5.02 Å². The van der Waals surface area contributed by atoms with Gasteiger partial charge in [0.25, 0.3) is 0 Å². The van der Waals surface area contributed by atoms with Crippen molar-refractivity contribution in [2.75, 3.05) is 6.61 Å². The zero-order chi connectivity index (χ0) is 22.5. The average molecular weight is 452 g/mol. The molecule has 1 aliphatic rings. The Bertz CT molecular complexity index is 1220. The highest BCUT2D eigenvalue weighted by molar-refractivity contribution is 6.31. The minimum absolute atomic E-state index is 0.0606. The summed E-state index contributed by atoms with van der Waals surface area (Å²) in [7, 11) is 0. The Balaban J connectivity index is 1.57. The number of rotatable bonds is 7. The van der Waals surface area contributed by atoms with Gasteiger partial charge in [-0.1, -0.05) is 41.9 Å². The third-order valence-corrected chi connectivity index (χ3v) is 4.97. The molecular weight excluding hydrogens is 433 g/mol. The molecule has 32 heavy (non-hydrogen) atoms. The number of hydrogen-bond donors (Lipinski definition) is 0. The smallest absolute Gasteiger partial charge is 0.363 e. The third kappa shape index (κ3) is 4.98. The van der Waals surface area contributed by atoms with Crippen LogP contribution in [-0.2, 0) is 16.1 Å². The SMILES string of the molecule is CCOc1cc(/C=C2/N=C(c3cccc(F)c3)OC2=O)ccc1OCc1ccccc1Cl. The van der Waals surface area contributed by atoms with Gasteiger partial charge in [-0.25, -0.2) is 14.2 Å². The molecule has 4 rings (SSSR count). The second-order valence-electron chi connectivity index (χ2n) is 6.87. The minimum Gasteiger partial charge on any atom is -0.490 e. The number of esters is 1. The zero-order valence-electron chi connectivity index (χ0n) is 17.2. The lowest BCUT2D eigenvalue weighted by Gasteiger charge is -2.13.